The van der Waals surface area contributed by atoms with Crippen molar-refractivity contribution in [3.63, 3.8) is 0 Å². The van der Waals surface area contributed by atoms with Crippen molar-refractivity contribution in [3.8, 4) is 11.5 Å². The molecule has 0 saturated heterocycles. The molecule has 0 aromatic heterocycles. The van der Waals surface area contributed by atoms with E-state index in [1.165, 1.54) is 38.3 Å². The normalized spacial score (nSPS) is 12.3. The number of amides is 2. The molecule has 0 heterocycles. The highest BCUT2D eigenvalue weighted by Crippen LogP contribution is 2.21. The highest BCUT2D eigenvalue weighted by Gasteiger charge is 2.30. The van der Waals surface area contributed by atoms with E-state index < -0.39 is 60.4 Å². The monoisotopic (exact) mass is 530 g/mol. The first kappa shape index (κ1) is 29.9. The summed E-state index contributed by atoms with van der Waals surface area (Å²) in [6, 6.07) is 7.19. The summed E-state index contributed by atoms with van der Waals surface area (Å²) in [7, 11) is 1.42. The summed E-state index contributed by atoms with van der Waals surface area (Å²) in [5.41, 5.74) is 0.830. The van der Waals surface area contributed by atoms with Crippen LogP contribution in [0.2, 0.25) is 0 Å². The van der Waals surface area contributed by atoms with Gasteiger partial charge in [-0.3, -0.25) is 24.0 Å². The van der Waals surface area contributed by atoms with Crippen LogP contribution >= 0.6 is 0 Å². The fourth-order valence-electron chi connectivity index (χ4n) is 3.56. The van der Waals surface area contributed by atoms with Gasteiger partial charge in [0.25, 0.3) is 0 Å². The van der Waals surface area contributed by atoms with Crippen LogP contribution in [0.15, 0.2) is 42.5 Å². The largest absolute Gasteiger partial charge is 0.496 e. The number of carbonyl (C=O) groups excluding carboxylic acids is 4. The molecular weight excluding hydrogens is 499 g/mol. The number of halogens is 1. The average Bonchev–Trinajstić information content (AvgIpc) is 2.84. The highest BCUT2D eigenvalue weighted by atomic mass is 19.1. The van der Waals surface area contributed by atoms with Crippen LogP contribution in [0.25, 0.3) is 0 Å². The number of nitrogens with one attached hydrogen (secondary N) is 2. The van der Waals surface area contributed by atoms with Crippen molar-refractivity contribution in [1.82, 2.24) is 10.6 Å². The molecule has 2 aromatic carbocycles. The van der Waals surface area contributed by atoms with Crippen LogP contribution in [0.1, 0.15) is 43.1 Å². The van der Waals surface area contributed by atoms with Gasteiger partial charge in [0.05, 0.1) is 20.0 Å². The summed E-state index contributed by atoms with van der Waals surface area (Å²) in [6.07, 6.45) is -0.912. The molecule has 204 valence electrons. The third-order valence-corrected chi connectivity index (χ3v) is 5.56. The second-order valence-corrected chi connectivity index (χ2v) is 8.92. The van der Waals surface area contributed by atoms with Gasteiger partial charge in [0, 0.05) is 17.2 Å². The van der Waals surface area contributed by atoms with Gasteiger partial charge in [-0.1, -0.05) is 19.9 Å². The van der Waals surface area contributed by atoms with Gasteiger partial charge >= 0.3 is 5.97 Å². The number of Topliss-reactive ketones (excluding diaryl/α,β-unsaturated/α-hetero) is 2. The van der Waals surface area contributed by atoms with Crippen molar-refractivity contribution in [1.29, 1.82) is 0 Å². The van der Waals surface area contributed by atoms with Crippen LogP contribution in [-0.2, 0) is 25.6 Å². The number of carbonyl (C=O) groups is 5. The molecule has 0 fully saturated rings. The number of ether oxygens (including phenoxy) is 2. The lowest BCUT2D eigenvalue weighted by Gasteiger charge is -2.25. The van der Waals surface area contributed by atoms with Crippen molar-refractivity contribution in [2.75, 3.05) is 13.7 Å². The van der Waals surface area contributed by atoms with Gasteiger partial charge in [0.2, 0.25) is 11.8 Å². The number of hydrogen-bond acceptors (Lipinski definition) is 7. The van der Waals surface area contributed by atoms with Crippen molar-refractivity contribution >= 4 is 29.4 Å². The Bertz CT molecular complexity index is 1200. The lowest BCUT2D eigenvalue weighted by molar-refractivity contribution is -0.141. The van der Waals surface area contributed by atoms with Crippen LogP contribution in [-0.4, -0.2) is 60.3 Å². The number of methoxy groups -OCH3 is 1. The molecule has 0 aliphatic carbocycles. The SMILES string of the molecule is COc1ccc(C(C)=O)cc1CC(=O)N[C@H](C(=O)NC(CC(=O)O)C(=O)COc1cccc(F)c1)C(C)C. The van der Waals surface area contributed by atoms with Gasteiger partial charge in [-0.25, -0.2) is 4.39 Å². The molecule has 0 spiro atoms. The van der Waals surface area contributed by atoms with E-state index in [1.54, 1.807) is 26.0 Å². The molecule has 0 saturated carbocycles. The fraction of sp³-hybridized carbons (Fsp3) is 0.370. The number of aliphatic carboxylic acids is 1. The Labute approximate surface area is 219 Å². The molecule has 2 rings (SSSR count). The minimum absolute atomic E-state index is 0.0651. The Morgan fingerprint density at radius 1 is 1.03 bits per heavy atom. The quantitative estimate of drug-likeness (QED) is 0.315. The third kappa shape index (κ3) is 8.99. The predicted molar refractivity (Wildman–Crippen MR) is 135 cm³/mol. The highest BCUT2D eigenvalue weighted by molar-refractivity contribution is 5.96. The molecule has 0 bridgehead atoms. The Kier molecular flexibility index (Phi) is 10.9. The molecular formula is C27H31FN2O8. The van der Waals surface area contributed by atoms with Gasteiger partial charge in [-0.15, -0.1) is 0 Å². The van der Waals surface area contributed by atoms with E-state index >= 15 is 0 Å². The number of carboxylic acids is 1. The van der Waals surface area contributed by atoms with Crippen LogP contribution in [0.4, 0.5) is 4.39 Å². The second kappa shape index (κ2) is 13.9. The van der Waals surface area contributed by atoms with Crippen LogP contribution in [0.3, 0.4) is 0 Å². The summed E-state index contributed by atoms with van der Waals surface area (Å²) in [5, 5.41) is 14.2. The van der Waals surface area contributed by atoms with E-state index in [0.717, 1.165) is 6.07 Å². The zero-order valence-corrected chi connectivity index (χ0v) is 21.6. The van der Waals surface area contributed by atoms with E-state index in [2.05, 4.69) is 10.6 Å². The summed E-state index contributed by atoms with van der Waals surface area (Å²) in [5.74, 6) is -4.13. The number of hydrogen-bond donors (Lipinski definition) is 3. The molecule has 1 unspecified atom stereocenters. The molecule has 11 heteroatoms. The van der Waals surface area contributed by atoms with Gasteiger partial charge in [-0.2, -0.15) is 0 Å². The predicted octanol–water partition coefficient (Wildman–Crippen LogP) is 2.33. The summed E-state index contributed by atoms with van der Waals surface area (Å²) < 4.78 is 23.8. The van der Waals surface area contributed by atoms with Crippen molar-refractivity contribution in [2.24, 2.45) is 5.92 Å². The second-order valence-electron chi connectivity index (χ2n) is 8.92. The Balaban J connectivity index is 2.11. The lowest BCUT2D eigenvalue weighted by Crippen LogP contribution is -2.54. The van der Waals surface area contributed by atoms with E-state index in [1.807, 2.05) is 0 Å². The van der Waals surface area contributed by atoms with E-state index in [0.29, 0.717) is 16.9 Å². The molecule has 2 atom stereocenters. The Morgan fingerprint density at radius 2 is 1.74 bits per heavy atom. The van der Waals surface area contributed by atoms with Crippen LogP contribution < -0.4 is 20.1 Å². The molecule has 3 N–H and O–H groups in total. The zero-order chi connectivity index (χ0) is 28.4. The van der Waals surface area contributed by atoms with Crippen LogP contribution in [0, 0.1) is 11.7 Å². The van der Waals surface area contributed by atoms with E-state index in [4.69, 9.17) is 9.47 Å². The molecule has 38 heavy (non-hydrogen) atoms. The minimum atomic E-state index is -1.45. The number of benzene rings is 2. The maximum Gasteiger partial charge on any atom is 0.305 e. The van der Waals surface area contributed by atoms with E-state index in [-0.39, 0.29) is 18.0 Å². The smallest absolute Gasteiger partial charge is 0.305 e. The average molecular weight is 531 g/mol. The third-order valence-electron chi connectivity index (χ3n) is 5.56. The topological polar surface area (TPSA) is 148 Å². The van der Waals surface area contributed by atoms with Gasteiger partial charge in [0.1, 0.15) is 36.0 Å². The zero-order valence-electron chi connectivity index (χ0n) is 21.6. The summed E-state index contributed by atoms with van der Waals surface area (Å²) >= 11 is 0. The number of rotatable bonds is 14. The summed E-state index contributed by atoms with van der Waals surface area (Å²) in [4.78, 5) is 61.6. The Morgan fingerprint density at radius 3 is 2.32 bits per heavy atom. The lowest BCUT2D eigenvalue weighted by atomic mass is 10.0. The van der Waals surface area contributed by atoms with Gasteiger partial charge in [0.15, 0.2) is 11.6 Å². The van der Waals surface area contributed by atoms with Crippen molar-refractivity contribution < 1.29 is 42.9 Å². The maximum atomic E-state index is 13.3. The molecule has 10 nitrogen and oxygen atoms in total. The summed E-state index contributed by atoms with van der Waals surface area (Å²) in [6.45, 7) is 4.13. The first-order valence-electron chi connectivity index (χ1n) is 11.8. The molecule has 0 radical (unpaired) electrons. The minimum Gasteiger partial charge on any atom is -0.496 e. The molecule has 2 amide bonds. The first-order valence-corrected chi connectivity index (χ1v) is 11.8. The molecule has 0 aliphatic heterocycles. The number of ketones is 2. The van der Waals surface area contributed by atoms with Gasteiger partial charge in [-0.05, 0) is 43.2 Å². The van der Waals surface area contributed by atoms with Crippen molar-refractivity contribution in [2.45, 2.75) is 45.7 Å². The van der Waals surface area contributed by atoms with Gasteiger partial charge < -0.3 is 25.2 Å². The van der Waals surface area contributed by atoms with Crippen molar-refractivity contribution in [3.05, 3.63) is 59.4 Å². The standard InChI is InChI=1S/C27H31FN2O8/c1-15(2)26(30-24(33)11-18-10-17(16(3)31)8-9-23(18)37-4)27(36)29-21(13-25(34)35)22(32)14-38-20-7-5-6-19(28)12-20/h5-10,12,15,21,26H,11,13-14H2,1-4H3,(H,29,36)(H,30,33)(H,34,35)/t21?,26-/m0/s1. The van der Waals surface area contributed by atoms with Crippen LogP contribution in [0.5, 0.6) is 11.5 Å². The fourth-order valence-corrected chi connectivity index (χ4v) is 3.56. The molecule has 2 aromatic rings. The Hall–Kier alpha value is -4.28. The molecule has 0 aliphatic rings. The number of carboxylic acid groups (broad SMARTS) is 1. The van der Waals surface area contributed by atoms with E-state index in [9.17, 15) is 33.5 Å². The maximum absolute atomic E-state index is 13.3. The first-order chi connectivity index (χ1) is 17.9.